The molecule has 98 valence electrons. The van der Waals surface area contributed by atoms with Crippen LogP contribution in [0.15, 0.2) is 42.5 Å². The molecule has 0 aromatic heterocycles. The van der Waals surface area contributed by atoms with E-state index in [0.717, 1.165) is 11.3 Å². The van der Waals surface area contributed by atoms with E-state index < -0.39 is 5.82 Å². The number of carbonyl (C=O) groups is 1. The smallest absolute Gasteiger partial charge is 0.255 e. The number of rotatable bonds is 3. The molecular formula is C14H14FN3O. The maximum atomic E-state index is 13.0. The second-order valence-corrected chi connectivity index (χ2v) is 4.14. The molecule has 0 bridgehead atoms. The highest BCUT2D eigenvalue weighted by atomic mass is 19.1. The number of anilines is 2. The Morgan fingerprint density at radius 2 is 2.00 bits per heavy atom. The van der Waals surface area contributed by atoms with E-state index in [2.05, 4.69) is 10.7 Å². The van der Waals surface area contributed by atoms with E-state index in [1.165, 1.54) is 18.2 Å². The van der Waals surface area contributed by atoms with Gasteiger partial charge in [-0.25, -0.2) is 4.39 Å². The van der Waals surface area contributed by atoms with Gasteiger partial charge in [0, 0.05) is 11.3 Å². The first kappa shape index (κ1) is 13.0. The molecule has 0 radical (unpaired) electrons. The molecule has 0 spiro atoms. The lowest BCUT2D eigenvalue weighted by atomic mass is 10.1. The van der Waals surface area contributed by atoms with Crippen LogP contribution in [-0.2, 0) is 0 Å². The predicted octanol–water partition coefficient (Wildman–Crippen LogP) is 2.67. The molecular weight excluding hydrogens is 245 g/mol. The SMILES string of the molecule is Cc1cc(C(=O)Nc2cccc(F)c2)ccc1NN. The van der Waals surface area contributed by atoms with Crippen LogP contribution in [0.2, 0.25) is 0 Å². The second-order valence-electron chi connectivity index (χ2n) is 4.14. The Balaban J connectivity index is 2.18. The molecule has 19 heavy (non-hydrogen) atoms. The molecule has 2 aromatic carbocycles. The molecule has 2 rings (SSSR count). The molecule has 0 heterocycles. The Bertz CT molecular complexity index is 613. The minimum absolute atomic E-state index is 0.294. The minimum atomic E-state index is -0.392. The molecule has 5 heteroatoms. The number of amides is 1. The van der Waals surface area contributed by atoms with Gasteiger partial charge in [0.1, 0.15) is 5.82 Å². The average molecular weight is 259 g/mol. The second kappa shape index (κ2) is 5.49. The first-order valence-corrected chi connectivity index (χ1v) is 5.74. The number of aryl methyl sites for hydroxylation is 1. The Morgan fingerprint density at radius 3 is 2.63 bits per heavy atom. The molecule has 0 atom stereocenters. The fourth-order valence-electron chi connectivity index (χ4n) is 1.74. The van der Waals surface area contributed by atoms with Gasteiger partial charge in [-0.2, -0.15) is 0 Å². The summed E-state index contributed by atoms with van der Waals surface area (Å²) in [5.74, 6) is 4.64. The number of hydrazine groups is 1. The van der Waals surface area contributed by atoms with E-state index in [1.54, 1.807) is 24.3 Å². The summed E-state index contributed by atoms with van der Waals surface area (Å²) in [7, 11) is 0. The van der Waals surface area contributed by atoms with Crippen molar-refractivity contribution in [1.29, 1.82) is 0 Å². The van der Waals surface area contributed by atoms with E-state index >= 15 is 0 Å². The fraction of sp³-hybridized carbons (Fsp3) is 0.0714. The summed E-state index contributed by atoms with van der Waals surface area (Å²) in [5.41, 5.74) is 5.05. The topological polar surface area (TPSA) is 67.2 Å². The molecule has 0 aliphatic heterocycles. The van der Waals surface area contributed by atoms with Crippen molar-refractivity contribution in [2.24, 2.45) is 5.84 Å². The molecule has 4 N–H and O–H groups in total. The molecule has 0 saturated carbocycles. The summed E-state index contributed by atoms with van der Waals surface area (Å²) in [6.07, 6.45) is 0. The van der Waals surface area contributed by atoms with Gasteiger partial charge in [0.15, 0.2) is 0 Å². The lowest BCUT2D eigenvalue weighted by molar-refractivity contribution is 0.102. The summed E-state index contributed by atoms with van der Waals surface area (Å²) in [6, 6.07) is 10.8. The van der Waals surface area contributed by atoms with E-state index in [4.69, 9.17) is 5.84 Å². The maximum absolute atomic E-state index is 13.0. The van der Waals surface area contributed by atoms with Gasteiger partial charge in [0.25, 0.3) is 5.91 Å². The minimum Gasteiger partial charge on any atom is -0.324 e. The Hall–Kier alpha value is -2.40. The predicted molar refractivity (Wildman–Crippen MR) is 73.3 cm³/mol. The first-order chi connectivity index (χ1) is 9.10. The molecule has 0 saturated heterocycles. The summed E-state index contributed by atoms with van der Waals surface area (Å²) in [4.78, 5) is 12.0. The van der Waals surface area contributed by atoms with Gasteiger partial charge in [0.2, 0.25) is 0 Å². The molecule has 1 amide bonds. The largest absolute Gasteiger partial charge is 0.324 e. The fourth-order valence-corrected chi connectivity index (χ4v) is 1.74. The van der Waals surface area contributed by atoms with Crippen LogP contribution in [0.4, 0.5) is 15.8 Å². The Kier molecular flexibility index (Phi) is 3.77. The van der Waals surface area contributed by atoms with Gasteiger partial charge < -0.3 is 10.7 Å². The number of carbonyl (C=O) groups excluding carboxylic acids is 1. The van der Waals surface area contributed by atoms with E-state index in [0.29, 0.717) is 11.3 Å². The van der Waals surface area contributed by atoms with Gasteiger partial charge in [-0.1, -0.05) is 6.07 Å². The van der Waals surface area contributed by atoms with E-state index in [1.807, 2.05) is 6.92 Å². The van der Waals surface area contributed by atoms with Gasteiger partial charge in [-0.3, -0.25) is 10.6 Å². The van der Waals surface area contributed by atoms with Crippen LogP contribution < -0.4 is 16.6 Å². The average Bonchev–Trinajstić information content (AvgIpc) is 2.38. The highest BCUT2D eigenvalue weighted by Gasteiger charge is 2.08. The number of hydrogen-bond donors (Lipinski definition) is 3. The lowest BCUT2D eigenvalue weighted by Gasteiger charge is -2.08. The molecule has 0 fully saturated rings. The van der Waals surface area contributed by atoms with Crippen molar-refractivity contribution in [3.8, 4) is 0 Å². The number of benzene rings is 2. The molecule has 0 aliphatic rings. The quantitative estimate of drug-likeness (QED) is 0.586. The highest BCUT2D eigenvalue weighted by molar-refractivity contribution is 6.04. The van der Waals surface area contributed by atoms with Crippen molar-refractivity contribution in [3.63, 3.8) is 0 Å². The zero-order valence-electron chi connectivity index (χ0n) is 10.4. The number of halogens is 1. The number of nitrogens with one attached hydrogen (secondary N) is 2. The number of hydrogen-bond acceptors (Lipinski definition) is 3. The lowest BCUT2D eigenvalue weighted by Crippen LogP contribution is -2.13. The number of nitrogen functional groups attached to an aromatic ring is 1. The van der Waals surface area contributed by atoms with Crippen molar-refractivity contribution in [2.45, 2.75) is 6.92 Å². The first-order valence-electron chi connectivity index (χ1n) is 5.74. The van der Waals surface area contributed by atoms with Crippen molar-refractivity contribution in [3.05, 3.63) is 59.4 Å². The maximum Gasteiger partial charge on any atom is 0.255 e. The Morgan fingerprint density at radius 1 is 1.21 bits per heavy atom. The van der Waals surface area contributed by atoms with Crippen LogP contribution in [-0.4, -0.2) is 5.91 Å². The summed E-state index contributed by atoms with van der Waals surface area (Å²) in [6.45, 7) is 1.84. The van der Waals surface area contributed by atoms with Crippen molar-refractivity contribution in [2.75, 3.05) is 10.7 Å². The molecule has 2 aromatic rings. The van der Waals surface area contributed by atoms with Crippen LogP contribution in [0.25, 0.3) is 0 Å². The summed E-state index contributed by atoms with van der Waals surface area (Å²) >= 11 is 0. The third-order valence-electron chi connectivity index (χ3n) is 2.73. The van der Waals surface area contributed by atoms with Crippen LogP contribution in [0.5, 0.6) is 0 Å². The standard InChI is InChI=1S/C14H14FN3O/c1-9-7-10(5-6-13(9)18-16)14(19)17-12-4-2-3-11(15)8-12/h2-8,18H,16H2,1H3,(H,17,19). The van der Waals surface area contributed by atoms with Crippen LogP contribution in [0.1, 0.15) is 15.9 Å². The van der Waals surface area contributed by atoms with Gasteiger partial charge in [-0.15, -0.1) is 0 Å². The van der Waals surface area contributed by atoms with Crippen LogP contribution >= 0.6 is 0 Å². The normalized spacial score (nSPS) is 10.1. The summed E-state index contributed by atoms with van der Waals surface area (Å²) in [5, 5.41) is 2.63. The monoisotopic (exact) mass is 259 g/mol. The molecule has 0 unspecified atom stereocenters. The van der Waals surface area contributed by atoms with Crippen LogP contribution in [0.3, 0.4) is 0 Å². The van der Waals surface area contributed by atoms with Crippen molar-refractivity contribution in [1.82, 2.24) is 0 Å². The van der Waals surface area contributed by atoms with Gasteiger partial charge in [0.05, 0.1) is 5.69 Å². The van der Waals surface area contributed by atoms with Crippen molar-refractivity contribution < 1.29 is 9.18 Å². The highest BCUT2D eigenvalue weighted by Crippen LogP contribution is 2.17. The number of nitrogens with two attached hydrogens (primary N) is 1. The van der Waals surface area contributed by atoms with Gasteiger partial charge in [-0.05, 0) is 48.9 Å². The van der Waals surface area contributed by atoms with E-state index in [-0.39, 0.29) is 5.91 Å². The molecule has 4 nitrogen and oxygen atoms in total. The van der Waals surface area contributed by atoms with E-state index in [9.17, 15) is 9.18 Å². The zero-order valence-corrected chi connectivity index (χ0v) is 10.4. The van der Waals surface area contributed by atoms with Crippen LogP contribution in [0, 0.1) is 12.7 Å². The zero-order chi connectivity index (χ0) is 13.8. The van der Waals surface area contributed by atoms with Crippen molar-refractivity contribution >= 4 is 17.3 Å². The summed E-state index contributed by atoms with van der Waals surface area (Å²) < 4.78 is 13.0. The molecule has 0 aliphatic carbocycles. The van der Waals surface area contributed by atoms with Gasteiger partial charge >= 0.3 is 0 Å². The third kappa shape index (κ3) is 3.08. The Labute approximate surface area is 110 Å². The third-order valence-corrected chi connectivity index (χ3v) is 2.73.